The molecule has 0 radical (unpaired) electrons. The smallest absolute Gasteiger partial charge is 0.255 e. The number of nitrogens with zero attached hydrogens (tertiary/aromatic N) is 2. The molecule has 0 bridgehead atoms. The predicted molar refractivity (Wildman–Crippen MR) is 59.3 cm³/mol. The molecule has 0 saturated heterocycles. The molecule has 0 atom stereocenters. The highest BCUT2D eigenvalue weighted by Gasteiger charge is 2.11. The van der Waals surface area contributed by atoms with Crippen LogP contribution >= 0.6 is 0 Å². The maximum absolute atomic E-state index is 12.5. The molecule has 2 aromatic rings. The molecular formula is C13H8F2N2. The average Bonchev–Trinajstić information content (AvgIpc) is 2.39. The van der Waals surface area contributed by atoms with Gasteiger partial charge < -0.3 is 0 Å². The normalized spacial score (nSPS) is 10.2. The van der Waals surface area contributed by atoms with Gasteiger partial charge >= 0.3 is 0 Å². The highest BCUT2D eigenvalue weighted by molar-refractivity contribution is 5.70. The Bertz CT molecular complexity index is 574. The quantitative estimate of drug-likeness (QED) is 0.790. The highest BCUT2D eigenvalue weighted by atomic mass is 19.3. The first kappa shape index (κ1) is 11.2. The van der Waals surface area contributed by atoms with Gasteiger partial charge in [-0.3, -0.25) is 4.98 Å². The molecule has 0 aliphatic heterocycles. The Labute approximate surface area is 97.2 Å². The Morgan fingerprint density at radius 2 is 1.94 bits per heavy atom. The summed E-state index contributed by atoms with van der Waals surface area (Å²) in [5.74, 6) is 0. The fourth-order valence-electron chi connectivity index (χ4n) is 1.57. The molecule has 0 aliphatic rings. The zero-order valence-corrected chi connectivity index (χ0v) is 8.77. The van der Waals surface area contributed by atoms with Crippen molar-refractivity contribution < 1.29 is 8.78 Å². The zero-order chi connectivity index (χ0) is 12.3. The summed E-state index contributed by atoms with van der Waals surface area (Å²) in [5.41, 5.74) is 1.39. The number of halogens is 2. The molecule has 1 aromatic heterocycles. The lowest BCUT2D eigenvalue weighted by atomic mass is 10.0. The van der Waals surface area contributed by atoms with Gasteiger partial charge in [-0.25, -0.2) is 8.78 Å². The Hall–Kier alpha value is -2.28. The van der Waals surface area contributed by atoms with Crippen molar-refractivity contribution in [3.63, 3.8) is 0 Å². The fraction of sp³-hybridized carbons (Fsp3) is 0.0769. The lowest BCUT2D eigenvalue weighted by Gasteiger charge is -2.05. The van der Waals surface area contributed by atoms with E-state index in [0.717, 1.165) is 0 Å². The lowest BCUT2D eigenvalue weighted by molar-refractivity contribution is 0.146. The van der Waals surface area contributed by atoms with Crippen LogP contribution in [0.3, 0.4) is 0 Å². The number of benzene rings is 1. The molecule has 0 aliphatic carbocycles. The van der Waals surface area contributed by atoms with Crippen molar-refractivity contribution in [3.8, 4) is 17.2 Å². The van der Waals surface area contributed by atoms with E-state index in [1.165, 1.54) is 12.3 Å². The Morgan fingerprint density at radius 1 is 1.18 bits per heavy atom. The second-order valence-electron chi connectivity index (χ2n) is 3.43. The minimum Gasteiger partial charge on any atom is -0.255 e. The topological polar surface area (TPSA) is 36.7 Å². The Kier molecular flexibility index (Phi) is 3.10. The standard InChI is InChI=1S/C13H8F2N2/c14-13(15)12-7-9(5-6-17-12)11-4-2-1-3-10(11)8-16/h1-7,13H. The molecule has 0 amide bonds. The van der Waals surface area contributed by atoms with E-state index in [4.69, 9.17) is 5.26 Å². The van der Waals surface area contributed by atoms with Crippen molar-refractivity contribution in [1.29, 1.82) is 5.26 Å². The number of alkyl halides is 2. The van der Waals surface area contributed by atoms with Gasteiger partial charge in [-0.2, -0.15) is 5.26 Å². The highest BCUT2D eigenvalue weighted by Crippen LogP contribution is 2.26. The van der Waals surface area contributed by atoms with Gasteiger partial charge in [0.05, 0.1) is 11.6 Å². The molecule has 2 rings (SSSR count). The first-order valence-corrected chi connectivity index (χ1v) is 4.96. The van der Waals surface area contributed by atoms with E-state index in [-0.39, 0.29) is 5.69 Å². The van der Waals surface area contributed by atoms with Crippen LogP contribution in [0.5, 0.6) is 0 Å². The summed E-state index contributed by atoms with van der Waals surface area (Å²) in [5, 5.41) is 8.94. The van der Waals surface area contributed by atoms with Crippen molar-refractivity contribution in [2.45, 2.75) is 6.43 Å². The van der Waals surface area contributed by atoms with Crippen LogP contribution < -0.4 is 0 Å². The van der Waals surface area contributed by atoms with Crippen molar-refractivity contribution in [1.82, 2.24) is 4.98 Å². The van der Waals surface area contributed by atoms with Crippen molar-refractivity contribution in [3.05, 3.63) is 53.9 Å². The molecule has 2 nitrogen and oxygen atoms in total. The summed E-state index contributed by atoms with van der Waals surface area (Å²) < 4.78 is 25.0. The first-order chi connectivity index (χ1) is 8.22. The number of pyridine rings is 1. The van der Waals surface area contributed by atoms with Gasteiger partial charge in [-0.15, -0.1) is 0 Å². The van der Waals surface area contributed by atoms with Gasteiger partial charge in [0.2, 0.25) is 0 Å². The second kappa shape index (κ2) is 4.71. The molecule has 17 heavy (non-hydrogen) atoms. The SMILES string of the molecule is N#Cc1ccccc1-c1ccnc(C(F)F)c1. The fourth-order valence-corrected chi connectivity index (χ4v) is 1.57. The van der Waals surface area contributed by atoms with E-state index in [9.17, 15) is 8.78 Å². The third-order valence-corrected chi connectivity index (χ3v) is 2.36. The minimum absolute atomic E-state index is 0.282. The Balaban J connectivity index is 2.54. The predicted octanol–water partition coefficient (Wildman–Crippen LogP) is 3.56. The van der Waals surface area contributed by atoms with E-state index in [0.29, 0.717) is 16.7 Å². The zero-order valence-electron chi connectivity index (χ0n) is 8.77. The van der Waals surface area contributed by atoms with Gasteiger partial charge in [0, 0.05) is 6.20 Å². The maximum Gasteiger partial charge on any atom is 0.280 e. The van der Waals surface area contributed by atoms with Gasteiger partial charge in [0.15, 0.2) is 0 Å². The molecule has 4 heteroatoms. The van der Waals surface area contributed by atoms with Crippen LogP contribution in [-0.4, -0.2) is 4.98 Å². The molecular weight excluding hydrogens is 222 g/mol. The number of nitriles is 1. The van der Waals surface area contributed by atoms with E-state index in [2.05, 4.69) is 4.98 Å². The molecule has 0 saturated carbocycles. The molecule has 1 heterocycles. The van der Waals surface area contributed by atoms with Gasteiger partial charge in [-0.1, -0.05) is 18.2 Å². The van der Waals surface area contributed by atoms with Gasteiger partial charge in [0.25, 0.3) is 6.43 Å². The van der Waals surface area contributed by atoms with Crippen molar-refractivity contribution in [2.24, 2.45) is 0 Å². The van der Waals surface area contributed by atoms with E-state index < -0.39 is 6.43 Å². The van der Waals surface area contributed by atoms with Crippen LogP contribution in [-0.2, 0) is 0 Å². The summed E-state index contributed by atoms with van der Waals surface area (Å²) in [7, 11) is 0. The second-order valence-corrected chi connectivity index (χ2v) is 3.43. The number of aromatic nitrogens is 1. The van der Waals surface area contributed by atoms with E-state index >= 15 is 0 Å². The van der Waals surface area contributed by atoms with Crippen LogP contribution in [0.15, 0.2) is 42.6 Å². The van der Waals surface area contributed by atoms with E-state index in [1.54, 1.807) is 30.3 Å². The van der Waals surface area contributed by atoms with E-state index in [1.807, 2.05) is 6.07 Å². The first-order valence-electron chi connectivity index (χ1n) is 4.96. The molecule has 1 aromatic carbocycles. The maximum atomic E-state index is 12.5. The minimum atomic E-state index is -2.61. The Morgan fingerprint density at radius 3 is 2.65 bits per heavy atom. The summed E-state index contributed by atoms with van der Waals surface area (Å²) in [4.78, 5) is 3.59. The van der Waals surface area contributed by atoms with Crippen LogP contribution in [0.2, 0.25) is 0 Å². The monoisotopic (exact) mass is 230 g/mol. The summed E-state index contributed by atoms with van der Waals surface area (Å²) in [6.07, 6.45) is -1.28. The lowest BCUT2D eigenvalue weighted by Crippen LogP contribution is -1.91. The molecule has 0 N–H and O–H groups in total. The molecule has 0 unspecified atom stereocenters. The van der Waals surface area contributed by atoms with Crippen molar-refractivity contribution >= 4 is 0 Å². The molecule has 0 spiro atoms. The van der Waals surface area contributed by atoms with Crippen LogP contribution in [0, 0.1) is 11.3 Å². The number of hydrogen-bond donors (Lipinski definition) is 0. The van der Waals surface area contributed by atoms with Gasteiger partial charge in [-0.05, 0) is 29.3 Å². The third-order valence-electron chi connectivity index (χ3n) is 2.36. The average molecular weight is 230 g/mol. The summed E-state index contributed by atoms with van der Waals surface area (Å²) >= 11 is 0. The van der Waals surface area contributed by atoms with Crippen molar-refractivity contribution in [2.75, 3.05) is 0 Å². The number of hydrogen-bond acceptors (Lipinski definition) is 2. The summed E-state index contributed by atoms with van der Waals surface area (Å²) in [6, 6.07) is 11.8. The van der Waals surface area contributed by atoms with Crippen LogP contribution in [0.25, 0.3) is 11.1 Å². The molecule has 0 fully saturated rings. The van der Waals surface area contributed by atoms with Crippen LogP contribution in [0.4, 0.5) is 8.78 Å². The third kappa shape index (κ3) is 2.28. The van der Waals surface area contributed by atoms with Gasteiger partial charge in [0.1, 0.15) is 5.69 Å². The summed E-state index contributed by atoms with van der Waals surface area (Å²) in [6.45, 7) is 0. The van der Waals surface area contributed by atoms with Crippen LogP contribution in [0.1, 0.15) is 17.7 Å². The largest absolute Gasteiger partial charge is 0.280 e. The number of rotatable bonds is 2. The molecule has 84 valence electrons.